The van der Waals surface area contributed by atoms with Gasteiger partial charge in [-0.1, -0.05) is 19.3 Å². The number of carbonyl (C=O) groups is 3. The Hall–Kier alpha value is -3.10. The number of carbonyl (C=O) groups excluding carboxylic acids is 3. The number of rotatable bonds is 10. The van der Waals surface area contributed by atoms with E-state index in [1.165, 1.54) is 19.3 Å². The van der Waals surface area contributed by atoms with Gasteiger partial charge in [-0.05, 0) is 50.3 Å². The fraction of sp³-hybridized carbons (Fsp3) is 0.615. The highest BCUT2D eigenvalue weighted by Gasteiger charge is 2.29. The van der Waals surface area contributed by atoms with Crippen molar-refractivity contribution in [1.29, 1.82) is 0 Å². The molecule has 1 aliphatic carbocycles. The van der Waals surface area contributed by atoms with E-state index in [9.17, 15) is 14.4 Å². The number of fused-ring (bicyclic) bond motifs is 2. The molecule has 4 rings (SSSR count). The minimum absolute atomic E-state index is 0.0114. The van der Waals surface area contributed by atoms with Crippen LogP contribution in [0.25, 0.3) is 0 Å². The molecule has 3 aliphatic rings. The van der Waals surface area contributed by atoms with Gasteiger partial charge in [0, 0.05) is 38.7 Å². The summed E-state index contributed by atoms with van der Waals surface area (Å²) < 4.78 is 5.93. The van der Waals surface area contributed by atoms with E-state index in [0.29, 0.717) is 57.5 Å². The Balaban J connectivity index is 1.27. The molecule has 1 aromatic rings. The second kappa shape index (κ2) is 11.6. The van der Waals surface area contributed by atoms with Gasteiger partial charge in [-0.2, -0.15) is 0 Å². The zero-order valence-corrected chi connectivity index (χ0v) is 20.9. The van der Waals surface area contributed by atoms with Crippen LogP contribution in [0.4, 0.5) is 5.69 Å². The molecule has 2 aliphatic heterocycles. The van der Waals surface area contributed by atoms with E-state index in [0.717, 1.165) is 29.8 Å². The highest BCUT2D eigenvalue weighted by molar-refractivity contribution is 6.05. The van der Waals surface area contributed by atoms with Crippen molar-refractivity contribution in [3.63, 3.8) is 0 Å². The van der Waals surface area contributed by atoms with Crippen molar-refractivity contribution in [2.75, 3.05) is 39.8 Å². The molecule has 9 nitrogen and oxygen atoms in total. The van der Waals surface area contributed by atoms with E-state index in [1.807, 2.05) is 30.0 Å². The molecular weight excluding hydrogens is 446 g/mol. The largest absolute Gasteiger partial charge is 0.494 e. The van der Waals surface area contributed by atoms with Crippen molar-refractivity contribution in [1.82, 2.24) is 20.0 Å². The van der Waals surface area contributed by atoms with E-state index in [1.54, 1.807) is 16.8 Å². The van der Waals surface area contributed by atoms with Crippen LogP contribution in [0.3, 0.4) is 0 Å². The molecule has 2 heterocycles. The van der Waals surface area contributed by atoms with Crippen LogP contribution in [-0.4, -0.2) is 78.2 Å². The lowest BCUT2D eigenvalue weighted by Gasteiger charge is -2.30. The van der Waals surface area contributed by atoms with Crippen LogP contribution in [0.5, 0.6) is 5.75 Å². The van der Waals surface area contributed by atoms with Crippen molar-refractivity contribution in [2.24, 2.45) is 10.9 Å². The molecule has 1 saturated carbocycles. The number of amides is 3. The van der Waals surface area contributed by atoms with Gasteiger partial charge in [0.2, 0.25) is 23.7 Å². The number of ether oxygens (including phenoxy) is 1. The van der Waals surface area contributed by atoms with Gasteiger partial charge < -0.3 is 19.4 Å². The van der Waals surface area contributed by atoms with Gasteiger partial charge in [-0.15, -0.1) is 0 Å². The molecule has 1 saturated heterocycles. The number of likely N-dealkylation sites (N-methyl/N-ethyl adjacent to an activating group) is 1. The van der Waals surface area contributed by atoms with Crippen molar-refractivity contribution in [2.45, 2.75) is 58.4 Å². The molecule has 190 valence electrons. The van der Waals surface area contributed by atoms with Crippen molar-refractivity contribution in [3.8, 4) is 5.75 Å². The Bertz CT molecular complexity index is 972. The molecule has 0 bridgehead atoms. The van der Waals surface area contributed by atoms with Crippen LogP contribution < -0.4 is 10.1 Å². The lowest BCUT2D eigenvalue weighted by molar-refractivity contribution is -0.140. The first-order valence-electron chi connectivity index (χ1n) is 12.8. The molecule has 2 fully saturated rings. The number of aliphatic imine (C=N–C) groups is 1. The van der Waals surface area contributed by atoms with Gasteiger partial charge in [0.05, 0.1) is 18.8 Å². The molecular formula is C26H37N5O4. The van der Waals surface area contributed by atoms with Crippen LogP contribution in [0, 0.1) is 5.92 Å². The third-order valence-corrected chi connectivity index (χ3v) is 7.11. The molecule has 1 aromatic carbocycles. The van der Waals surface area contributed by atoms with E-state index in [-0.39, 0.29) is 24.3 Å². The molecule has 9 heteroatoms. The van der Waals surface area contributed by atoms with E-state index < -0.39 is 0 Å². The van der Waals surface area contributed by atoms with Crippen LogP contribution in [0.15, 0.2) is 23.2 Å². The van der Waals surface area contributed by atoms with Gasteiger partial charge in [0.15, 0.2) is 0 Å². The average molecular weight is 484 g/mol. The Morgan fingerprint density at radius 2 is 1.97 bits per heavy atom. The fourth-order valence-corrected chi connectivity index (χ4v) is 4.90. The minimum Gasteiger partial charge on any atom is -0.494 e. The number of nitrogens with zero attached hydrogens (tertiary/aromatic N) is 4. The second-order valence-electron chi connectivity index (χ2n) is 9.77. The Labute approximate surface area is 207 Å². The fourth-order valence-electron chi connectivity index (χ4n) is 4.90. The first kappa shape index (κ1) is 25.0. The second-order valence-corrected chi connectivity index (χ2v) is 9.77. The topological polar surface area (TPSA) is 94.6 Å². The zero-order chi connectivity index (χ0) is 24.8. The predicted octanol–water partition coefficient (Wildman–Crippen LogP) is 2.67. The van der Waals surface area contributed by atoms with Crippen molar-refractivity contribution >= 4 is 29.4 Å². The summed E-state index contributed by atoms with van der Waals surface area (Å²) >= 11 is 0. The van der Waals surface area contributed by atoms with Crippen molar-refractivity contribution < 1.29 is 19.1 Å². The van der Waals surface area contributed by atoms with Gasteiger partial charge >= 0.3 is 0 Å². The molecule has 0 atom stereocenters. The molecule has 1 N–H and O–H groups in total. The highest BCUT2D eigenvalue weighted by Crippen LogP contribution is 2.30. The van der Waals surface area contributed by atoms with E-state index in [4.69, 9.17) is 4.74 Å². The molecule has 0 radical (unpaired) electrons. The zero-order valence-electron chi connectivity index (χ0n) is 20.9. The van der Waals surface area contributed by atoms with Gasteiger partial charge in [-0.25, -0.2) is 4.99 Å². The molecule has 0 spiro atoms. The first-order chi connectivity index (χ1) is 16.9. The Morgan fingerprint density at radius 3 is 2.74 bits per heavy atom. The number of nitrogens with one attached hydrogen (secondary N) is 1. The number of hydrogen-bond donors (Lipinski definition) is 1. The number of hydrogen-bond acceptors (Lipinski definition) is 6. The van der Waals surface area contributed by atoms with E-state index >= 15 is 0 Å². The smallest absolute Gasteiger partial charge is 0.246 e. The maximum Gasteiger partial charge on any atom is 0.246 e. The summed E-state index contributed by atoms with van der Waals surface area (Å²) in [4.78, 5) is 47.0. The summed E-state index contributed by atoms with van der Waals surface area (Å²) in [6.07, 6.45) is 6.90. The normalized spacial score (nSPS) is 17.3. The lowest BCUT2D eigenvalue weighted by Crippen LogP contribution is -2.43. The summed E-state index contributed by atoms with van der Waals surface area (Å²) in [6.45, 7) is 4.75. The number of benzene rings is 1. The van der Waals surface area contributed by atoms with E-state index in [2.05, 4.69) is 10.3 Å². The van der Waals surface area contributed by atoms with Crippen molar-refractivity contribution in [3.05, 3.63) is 23.8 Å². The Kier molecular flexibility index (Phi) is 8.25. The average Bonchev–Trinajstić information content (AvgIpc) is 3.23. The van der Waals surface area contributed by atoms with Gasteiger partial charge in [0.25, 0.3) is 0 Å². The molecule has 0 aromatic heterocycles. The quantitative estimate of drug-likeness (QED) is 0.517. The van der Waals surface area contributed by atoms with Crippen LogP contribution >= 0.6 is 0 Å². The Morgan fingerprint density at radius 1 is 1.17 bits per heavy atom. The molecule has 3 amide bonds. The minimum atomic E-state index is -0.0433. The first-order valence-corrected chi connectivity index (χ1v) is 12.8. The summed E-state index contributed by atoms with van der Waals surface area (Å²) in [7, 11) is 1.78. The summed E-state index contributed by atoms with van der Waals surface area (Å²) in [5.41, 5.74) is 1.84. The SMILES string of the molecule is CCN(C)C(=O)CN(CC1CCCCC1)C(=O)CCCOc1ccc2c(c1)CN1CC(=O)NC1=N2. The van der Waals surface area contributed by atoms with Gasteiger partial charge in [-0.3, -0.25) is 19.7 Å². The van der Waals surface area contributed by atoms with Crippen LogP contribution in [-0.2, 0) is 20.9 Å². The number of guanidine groups is 1. The van der Waals surface area contributed by atoms with Gasteiger partial charge in [0.1, 0.15) is 12.3 Å². The summed E-state index contributed by atoms with van der Waals surface area (Å²) in [5.74, 6) is 1.79. The van der Waals surface area contributed by atoms with Crippen LogP contribution in [0.2, 0.25) is 0 Å². The third-order valence-electron chi connectivity index (χ3n) is 7.11. The maximum atomic E-state index is 13.0. The summed E-state index contributed by atoms with van der Waals surface area (Å²) in [6, 6.07) is 5.72. The third kappa shape index (κ3) is 6.52. The standard InChI is InChI=1S/C26H37N5O4/c1-3-29(2)25(34)18-30(15-19-8-5-4-6-9-19)24(33)10-7-13-35-21-11-12-22-20(14-21)16-31-17-23(32)28-26(31)27-22/h11-12,14,19H,3-10,13,15-18H2,1-2H3,(H,27,28,32). The summed E-state index contributed by atoms with van der Waals surface area (Å²) in [5, 5.41) is 2.77. The predicted molar refractivity (Wildman–Crippen MR) is 133 cm³/mol. The molecule has 35 heavy (non-hydrogen) atoms. The molecule has 0 unspecified atom stereocenters. The lowest BCUT2D eigenvalue weighted by atomic mass is 9.89. The monoisotopic (exact) mass is 483 g/mol. The van der Waals surface area contributed by atoms with Crippen LogP contribution in [0.1, 0.15) is 57.4 Å². The maximum absolute atomic E-state index is 13.0. The highest BCUT2D eigenvalue weighted by atomic mass is 16.5.